The second-order valence-electron chi connectivity index (χ2n) is 3.71. The van der Waals surface area contributed by atoms with Crippen molar-refractivity contribution in [2.75, 3.05) is 11.9 Å². The van der Waals surface area contributed by atoms with Gasteiger partial charge in [-0.05, 0) is 18.2 Å². The van der Waals surface area contributed by atoms with E-state index in [0.29, 0.717) is 6.07 Å². The van der Waals surface area contributed by atoms with Gasteiger partial charge in [0.25, 0.3) is 0 Å². The number of hydrogen-bond donors (Lipinski definition) is 3. The standard InChI is InChI=1S/C11H11F3N2O3/c12-11(13,14)6-1-2-8(7(5-6)10(18)19)16-4-3-9(15)17/h1-2,5,16H,3-4H2,(H2,15,17)(H,18,19). The molecule has 4 N–H and O–H groups in total. The van der Waals surface area contributed by atoms with Gasteiger partial charge in [-0.3, -0.25) is 4.79 Å². The maximum absolute atomic E-state index is 12.4. The fraction of sp³-hybridized carbons (Fsp3) is 0.273. The summed E-state index contributed by atoms with van der Waals surface area (Å²) in [5.74, 6) is -2.09. The van der Waals surface area contributed by atoms with Crippen LogP contribution in [0.25, 0.3) is 0 Å². The summed E-state index contributed by atoms with van der Waals surface area (Å²) >= 11 is 0. The van der Waals surface area contributed by atoms with Gasteiger partial charge in [0.2, 0.25) is 5.91 Å². The monoisotopic (exact) mass is 276 g/mol. The number of carbonyl (C=O) groups is 2. The Morgan fingerprint density at radius 1 is 1.32 bits per heavy atom. The lowest BCUT2D eigenvalue weighted by Gasteiger charge is -2.12. The Balaban J connectivity index is 2.99. The normalized spacial score (nSPS) is 11.1. The molecule has 0 aliphatic heterocycles. The highest BCUT2D eigenvalue weighted by Gasteiger charge is 2.31. The molecule has 0 aliphatic carbocycles. The van der Waals surface area contributed by atoms with Crippen LogP contribution in [-0.4, -0.2) is 23.5 Å². The van der Waals surface area contributed by atoms with Crippen LogP contribution in [0.2, 0.25) is 0 Å². The second-order valence-corrected chi connectivity index (χ2v) is 3.71. The molecule has 0 aromatic heterocycles. The molecule has 0 saturated carbocycles. The number of carboxylic acid groups (broad SMARTS) is 1. The van der Waals surface area contributed by atoms with E-state index in [1.807, 2.05) is 0 Å². The minimum absolute atomic E-state index is 0.00162. The van der Waals surface area contributed by atoms with Crippen LogP contribution in [0, 0.1) is 0 Å². The van der Waals surface area contributed by atoms with Crippen LogP contribution in [0.15, 0.2) is 18.2 Å². The number of nitrogens with two attached hydrogens (primary N) is 1. The van der Waals surface area contributed by atoms with E-state index in [-0.39, 0.29) is 18.7 Å². The van der Waals surface area contributed by atoms with E-state index in [9.17, 15) is 22.8 Å². The smallest absolute Gasteiger partial charge is 0.416 e. The number of halogens is 3. The summed E-state index contributed by atoms with van der Waals surface area (Å²) in [4.78, 5) is 21.4. The Bertz CT molecular complexity index is 500. The summed E-state index contributed by atoms with van der Waals surface area (Å²) in [6.07, 6.45) is -4.67. The molecule has 0 spiro atoms. The number of anilines is 1. The van der Waals surface area contributed by atoms with Gasteiger partial charge in [-0.25, -0.2) is 4.79 Å². The molecule has 0 bridgehead atoms. The highest BCUT2D eigenvalue weighted by molar-refractivity contribution is 5.94. The van der Waals surface area contributed by atoms with Crippen LogP contribution < -0.4 is 11.1 Å². The number of carboxylic acids is 1. The van der Waals surface area contributed by atoms with Crippen LogP contribution >= 0.6 is 0 Å². The number of alkyl halides is 3. The number of hydrogen-bond acceptors (Lipinski definition) is 3. The highest BCUT2D eigenvalue weighted by Crippen LogP contribution is 2.31. The predicted octanol–water partition coefficient (Wildman–Crippen LogP) is 1.69. The molecule has 104 valence electrons. The summed E-state index contributed by atoms with van der Waals surface area (Å²) in [7, 11) is 0. The molecule has 1 aromatic carbocycles. The molecular formula is C11H11F3N2O3. The molecule has 0 radical (unpaired) electrons. The number of rotatable bonds is 5. The Labute approximate surface area is 106 Å². The van der Waals surface area contributed by atoms with Crippen LogP contribution in [-0.2, 0) is 11.0 Å². The number of carbonyl (C=O) groups excluding carboxylic acids is 1. The van der Waals surface area contributed by atoms with Gasteiger partial charge in [-0.1, -0.05) is 0 Å². The molecule has 1 aromatic rings. The van der Waals surface area contributed by atoms with Crippen molar-refractivity contribution in [1.29, 1.82) is 0 Å². The molecule has 0 heterocycles. The predicted molar refractivity (Wildman–Crippen MR) is 60.7 cm³/mol. The molecular weight excluding hydrogens is 265 g/mol. The Morgan fingerprint density at radius 2 is 1.95 bits per heavy atom. The van der Waals surface area contributed by atoms with Crippen LogP contribution in [0.3, 0.4) is 0 Å². The van der Waals surface area contributed by atoms with E-state index < -0.39 is 29.2 Å². The fourth-order valence-electron chi connectivity index (χ4n) is 1.37. The van der Waals surface area contributed by atoms with E-state index in [1.54, 1.807) is 0 Å². The number of primary amides is 1. The van der Waals surface area contributed by atoms with Crippen molar-refractivity contribution in [3.8, 4) is 0 Å². The largest absolute Gasteiger partial charge is 0.478 e. The van der Waals surface area contributed by atoms with Gasteiger partial charge in [0, 0.05) is 18.7 Å². The van der Waals surface area contributed by atoms with Gasteiger partial charge in [-0.15, -0.1) is 0 Å². The fourth-order valence-corrected chi connectivity index (χ4v) is 1.37. The molecule has 0 atom stereocenters. The summed E-state index contributed by atoms with van der Waals surface area (Å²) < 4.78 is 37.3. The van der Waals surface area contributed by atoms with E-state index in [1.165, 1.54) is 0 Å². The first-order chi connectivity index (χ1) is 8.71. The van der Waals surface area contributed by atoms with Gasteiger partial charge in [0.1, 0.15) is 0 Å². The Hall–Kier alpha value is -2.25. The lowest BCUT2D eigenvalue weighted by molar-refractivity contribution is -0.137. The molecule has 8 heteroatoms. The van der Waals surface area contributed by atoms with Crippen molar-refractivity contribution < 1.29 is 27.9 Å². The summed E-state index contributed by atoms with van der Waals surface area (Å²) in [5.41, 5.74) is 3.33. The highest BCUT2D eigenvalue weighted by atomic mass is 19.4. The third-order valence-electron chi connectivity index (χ3n) is 2.26. The van der Waals surface area contributed by atoms with Gasteiger partial charge in [0.15, 0.2) is 0 Å². The Morgan fingerprint density at radius 3 is 2.42 bits per heavy atom. The Kier molecular flexibility index (Phi) is 4.36. The van der Waals surface area contributed by atoms with Crippen molar-refractivity contribution in [2.45, 2.75) is 12.6 Å². The quantitative estimate of drug-likeness (QED) is 0.763. The zero-order valence-electron chi connectivity index (χ0n) is 9.62. The minimum atomic E-state index is -4.62. The van der Waals surface area contributed by atoms with E-state index in [0.717, 1.165) is 12.1 Å². The molecule has 1 amide bonds. The van der Waals surface area contributed by atoms with Gasteiger partial charge < -0.3 is 16.2 Å². The molecule has 0 aliphatic rings. The first-order valence-corrected chi connectivity index (χ1v) is 5.18. The van der Waals surface area contributed by atoms with Gasteiger partial charge in [-0.2, -0.15) is 13.2 Å². The van der Waals surface area contributed by atoms with Crippen molar-refractivity contribution >= 4 is 17.6 Å². The first kappa shape index (κ1) is 14.8. The lowest BCUT2D eigenvalue weighted by Crippen LogP contribution is -2.17. The van der Waals surface area contributed by atoms with Crippen molar-refractivity contribution in [2.24, 2.45) is 5.73 Å². The zero-order valence-corrected chi connectivity index (χ0v) is 9.62. The molecule has 0 fully saturated rings. The van der Waals surface area contributed by atoms with E-state index >= 15 is 0 Å². The molecule has 0 saturated heterocycles. The van der Waals surface area contributed by atoms with Crippen LogP contribution in [0.5, 0.6) is 0 Å². The van der Waals surface area contributed by atoms with Crippen molar-refractivity contribution in [3.05, 3.63) is 29.3 Å². The average molecular weight is 276 g/mol. The number of amides is 1. The second kappa shape index (κ2) is 5.59. The molecule has 19 heavy (non-hydrogen) atoms. The number of aromatic carboxylic acids is 1. The van der Waals surface area contributed by atoms with Crippen molar-refractivity contribution in [3.63, 3.8) is 0 Å². The number of benzene rings is 1. The lowest BCUT2D eigenvalue weighted by atomic mass is 10.1. The van der Waals surface area contributed by atoms with Crippen LogP contribution in [0.1, 0.15) is 22.3 Å². The average Bonchev–Trinajstić information content (AvgIpc) is 2.27. The molecule has 0 unspecified atom stereocenters. The molecule has 5 nitrogen and oxygen atoms in total. The third kappa shape index (κ3) is 4.16. The number of nitrogens with one attached hydrogen (secondary N) is 1. The van der Waals surface area contributed by atoms with E-state index in [2.05, 4.69) is 5.32 Å². The van der Waals surface area contributed by atoms with Crippen LogP contribution in [0.4, 0.5) is 18.9 Å². The van der Waals surface area contributed by atoms with Gasteiger partial charge >= 0.3 is 12.1 Å². The zero-order chi connectivity index (χ0) is 14.6. The SMILES string of the molecule is NC(=O)CCNc1ccc(C(F)(F)F)cc1C(=O)O. The van der Waals surface area contributed by atoms with Gasteiger partial charge in [0.05, 0.1) is 11.1 Å². The summed E-state index contributed by atoms with van der Waals surface area (Å²) in [5, 5.41) is 11.4. The molecule has 1 rings (SSSR count). The maximum atomic E-state index is 12.4. The third-order valence-corrected chi connectivity index (χ3v) is 2.26. The van der Waals surface area contributed by atoms with E-state index in [4.69, 9.17) is 10.8 Å². The minimum Gasteiger partial charge on any atom is -0.478 e. The first-order valence-electron chi connectivity index (χ1n) is 5.18. The summed E-state index contributed by atoms with van der Waals surface area (Å²) in [6, 6.07) is 2.31. The topological polar surface area (TPSA) is 92.4 Å². The summed E-state index contributed by atoms with van der Waals surface area (Å²) in [6.45, 7) is 0.0426. The maximum Gasteiger partial charge on any atom is 0.416 e. The van der Waals surface area contributed by atoms with Crippen molar-refractivity contribution in [1.82, 2.24) is 0 Å².